The molecule has 0 aliphatic carbocycles. The Morgan fingerprint density at radius 1 is 0.667 bits per heavy atom. The van der Waals surface area contributed by atoms with Gasteiger partial charge in [0, 0.05) is 25.2 Å². The summed E-state index contributed by atoms with van der Waals surface area (Å²) in [6.45, 7) is 9.35. The maximum atomic E-state index is 11.9. The van der Waals surface area contributed by atoms with Gasteiger partial charge < -0.3 is 10.6 Å². The van der Waals surface area contributed by atoms with E-state index in [1.165, 1.54) is 23.3 Å². The van der Waals surface area contributed by atoms with Crippen LogP contribution in [-0.2, 0) is 9.59 Å². The third-order valence-corrected chi connectivity index (χ3v) is 4.78. The van der Waals surface area contributed by atoms with Gasteiger partial charge in [-0.25, -0.2) is 0 Å². The Hall–Kier alpha value is -3.14. The molecular formula is C26H32N2O2. The fraction of sp³-hybridized carbons (Fsp3) is 0.308. The Kier molecular flexibility index (Phi) is 9.07. The first-order valence-corrected chi connectivity index (χ1v) is 10.5. The first-order chi connectivity index (χ1) is 14.3. The Labute approximate surface area is 180 Å². The van der Waals surface area contributed by atoms with E-state index in [4.69, 9.17) is 0 Å². The molecule has 4 heteroatoms. The van der Waals surface area contributed by atoms with E-state index in [2.05, 4.69) is 62.6 Å². The van der Waals surface area contributed by atoms with Crippen LogP contribution in [0, 0.1) is 0 Å². The number of rotatable bonds is 9. The first kappa shape index (κ1) is 23.1. The van der Waals surface area contributed by atoms with Crippen LogP contribution in [0.4, 0.5) is 0 Å². The van der Waals surface area contributed by atoms with E-state index in [1.54, 1.807) is 12.2 Å². The van der Waals surface area contributed by atoms with E-state index in [0.29, 0.717) is 24.9 Å². The van der Waals surface area contributed by atoms with Gasteiger partial charge in [-0.15, -0.1) is 0 Å². The van der Waals surface area contributed by atoms with Crippen LogP contribution < -0.4 is 10.6 Å². The van der Waals surface area contributed by atoms with Crippen molar-refractivity contribution in [3.63, 3.8) is 0 Å². The molecule has 0 saturated heterocycles. The van der Waals surface area contributed by atoms with Gasteiger partial charge >= 0.3 is 0 Å². The molecule has 158 valence electrons. The van der Waals surface area contributed by atoms with Crippen LogP contribution in [0.15, 0.2) is 60.7 Å². The summed E-state index contributed by atoms with van der Waals surface area (Å²) in [5.74, 6) is 0.611. The summed E-state index contributed by atoms with van der Waals surface area (Å²) in [5.41, 5.74) is 4.51. The Morgan fingerprint density at radius 3 is 1.30 bits per heavy atom. The number of hydrogen-bond donors (Lipinski definition) is 2. The highest BCUT2D eigenvalue weighted by Gasteiger charge is 2.00. The zero-order valence-electron chi connectivity index (χ0n) is 18.3. The highest BCUT2D eigenvalue weighted by Crippen LogP contribution is 2.16. The van der Waals surface area contributed by atoms with Crippen molar-refractivity contribution >= 4 is 24.0 Å². The third kappa shape index (κ3) is 8.08. The molecule has 2 aromatic rings. The van der Waals surface area contributed by atoms with Gasteiger partial charge in [0.25, 0.3) is 0 Å². The molecule has 0 heterocycles. The summed E-state index contributed by atoms with van der Waals surface area (Å²) in [6, 6.07) is 16.3. The Bertz CT molecular complexity index is 801. The van der Waals surface area contributed by atoms with Crippen molar-refractivity contribution in [1.29, 1.82) is 0 Å². The molecule has 4 nitrogen and oxygen atoms in total. The molecule has 0 radical (unpaired) electrons. The van der Waals surface area contributed by atoms with Crippen molar-refractivity contribution in [3.05, 3.63) is 82.9 Å². The van der Waals surface area contributed by atoms with Crippen LogP contribution in [0.25, 0.3) is 12.2 Å². The monoisotopic (exact) mass is 404 g/mol. The molecule has 2 aromatic carbocycles. The number of hydrogen-bond acceptors (Lipinski definition) is 2. The topological polar surface area (TPSA) is 58.2 Å². The van der Waals surface area contributed by atoms with Crippen LogP contribution >= 0.6 is 0 Å². The van der Waals surface area contributed by atoms with Gasteiger partial charge in [-0.3, -0.25) is 9.59 Å². The van der Waals surface area contributed by atoms with E-state index < -0.39 is 0 Å². The van der Waals surface area contributed by atoms with E-state index >= 15 is 0 Å². The van der Waals surface area contributed by atoms with Crippen molar-refractivity contribution in [3.8, 4) is 0 Å². The molecule has 2 N–H and O–H groups in total. The zero-order chi connectivity index (χ0) is 21.9. The molecule has 0 saturated carbocycles. The van der Waals surface area contributed by atoms with E-state index in [1.807, 2.05) is 24.3 Å². The molecule has 0 unspecified atom stereocenters. The van der Waals surface area contributed by atoms with Crippen molar-refractivity contribution in [2.24, 2.45) is 0 Å². The first-order valence-electron chi connectivity index (χ1n) is 10.5. The second-order valence-electron chi connectivity index (χ2n) is 7.89. The summed E-state index contributed by atoms with van der Waals surface area (Å²) in [7, 11) is 0. The maximum Gasteiger partial charge on any atom is 0.244 e. The molecule has 0 spiro atoms. The lowest BCUT2D eigenvalue weighted by Crippen LogP contribution is -2.33. The third-order valence-electron chi connectivity index (χ3n) is 4.78. The molecule has 0 aliphatic rings. The molecule has 0 fully saturated rings. The predicted molar refractivity (Wildman–Crippen MR) is 125 cm³/mol. The van der Waals surface area contributed by atoms with Crippen molar-refractivity contribution in [1.82, 2.24) is 10.6 Å². The molecule has 2 rings (SSSR count). The largest absolute Gasteiger partial charge is 0.351 e. The molecule has 0 atom stereocenters. The van der Waals surface area contributed by atoms with Gasteiger partial charge in [-0.2, -0.15) is 0 Å². The normalized spacial score (nSPS) is 11.5. The summed E-state index contributed by atoms with van der Waals surface area (Å²) >= 11 is 0. The van der Waals surface area contributed by atoms with E-state index in [9.17, 15) is 9.59 Å². The number of benzene rings is 2. The van der Waals surface area contributed by atoms with Gasteiger partial charge in [0.2, 0.25) is 11.8 Å². The molecule has 0 aromatic heterocycles. The number of nitrogens with one attached hydrogen (secondary N) is 2. The summed E-state index contributed by atoms with van der Waals surface area (Å²) < 4.78 is 0. The van der Waals surface area contributed by atoms with Gasteiger partial charge in [0.15, 0.2) is 0 Å². The fourth-order valence-electron chi connectivity index (χ4n) is 2.82. The van der Waals surface area contributed by atoms with Crippen LogP contribution in [0.2, 0.25) is 0 Å². The lowest BCUT2D eigenvalue weighted by molar-refractivity contribution is -0.118. The number of amides is 2. The van der Waals surface area contributed by atoms with Crippen molar-refractivity contribution in [2.75, 3.05) is 13.1 Å². The number of carbonyl (C=O) groups is 2. The minimum atomic E-state index is -0.182. The fourth-order valence-corrected chi connectivity index (χ4v) is 2.82. The maximum absolute atomic E-state index is 11.9. The van der Waals surface area contributed by atoms with Gasteiger partial charge in [-0.05, 0) is 46.2 Å². The van der Waals surface area contributed by atoms with E-state index in [-0.39, 0.29) is 11.8 Å². The van der Waals surface area contributed by atoms with E-state index in [0.717, 1.165) is 11.1 Å². The molecule has 0 aliphatic heterocycles. The Balaban J connectivity index is 1.68. The highest BCUT2D eigenvalue weighted by atomic mass is 16.2. The highest BCUT2D eigenvalue weighted by molar-refractivity contribution is 5.92. The molecule has 0 bridgehead atoms. The molecular weight excluding hydrogens is 372 g/mol. The standard InChI is InChI=1S/C26H32N2O2/c1-19(2)23-11-5-21(6-12-23)9-15-25(29)27-17-18-28-26(30)16-10-22-7-13-24(14-8-22)20(3)4/h5-16,19-20H,17-18H2,1-4H3,(H,27,29)(H,28,30)/b15-9+,16-10+. The SMILES string of the molecule is CC(C)c1ccc(/C=C/C(=O)NCCNC(=O)/C=C/c2ccc(C(C)C)cc2)cc1. The molecule has 2 amide bonds. The zero-order valence-corrected chi connectivity index (χ0v) is 18.3. The second kappa shape index (κ2) is 11.8. The van der Waals surface area contributed by atoms with Crippen LogP contribution in [-0.4, -0.2) is 24.9 Å². The lowest BCUT2D eigenvalue weighted by Gasteiger charge is -2.05. The number of carbonyl (C=O) groups excluding carboxylic acids is 2. The molecule has 30 heavy (non-hydrogen) atoms. The average Bonchev–Trinajstić information content (AvgIpc) is 2.74. The van der Waals surface area contributed by atoms with Gasteiger partial charge in [-0.1, -0.05) is 76.2 Å². The predicted octanol–water partition coefficient (Wildman–Crippen LogP) is 4.89. The minimum absolute atomic E-state index is 0.182. The van der Waals surface area contributed by atoms with Gasteiger partial charge in [0.1, 0.15) is 0 Å². The second-order valence-corrected chi connectivity index (χ2v) is 7.89. The average molecular weight is 405 g/mol. The summed E-state index contributed by atoms with van der Waals surface area (Å²) in [4.78, 5) is 23.8. The van der Waals surface area contributed by atoms with Crippen molar-refractivity contribution < 1.29 is 9.59 Å². The lowest BCUT2D eigenvalue weighted by atomic mass is 10.0. The summed E-state index contributed by atoms with van der Waals surface area (Å²) in [5, 5.41) is 5.53. The smallest absolute Gasteiger partial charge is 0.244 e. The Morgan fingerprint density at radius 2 is 1.00 bits per heavy atom. The van der Waals surface area contributed by atoms with Crippen LogP contribution in [0.3, 0.4) is 0 Å². The quantitative estimate of drug-likeness (QED) is 0.462. The van der Waals surface area contributed by atoms with Gasteiger partial charge in [0.05, 0.1) is 0 Å². The van der Waals surface area contributed by atoms with Crippen molar-refractivity contribution in [2.45, 2.75) is 39.5 Å². The summed E-state index contributed by atoms with van der Waals surface area (Å²) in [6.07, 6.45) is 6.58. The van der Waals surface area contributed by atoms with Crippen LogP contribution in [0.5, 0.6) is 0 Å². The minimum Gasteiger partial charge on any atom is -0.351 e. The van der Waals surface area contributed by atoms with Crippen LogP contribution in [0.1, 0.15) is 61.8 Å².